The molecule has 0 aliphatic carbocycles. The van der Waals surface area contributed by atoms with Crippen LogP contribution in [0, 0.1) is 5.92 Å². The minimum absolute atomic E-state index is 0.0124. The molecular formula is C43H77NO10. The average Bonchev–Trinajstić information content (AvgIpc) is 3.12. The quantitative estimate of drug-likeness (QED) is 0.0574. The molecule has 1 amide bonds. The molecule has 0 aromatic carbocycles. The van der Waals surface area contributed by atoms with Gasteiger partial charge in [-0.3, -0.25) is 24.0 Å². The van der Waals surface area contributed by atoms with Crippen molar-refractivity contribution in [1.82, 2.24) is 5.32 Å². The van der Waals surface area contributed by atoms with Crippen LogP contribution in [-0.4, -0.2) is 86.3 Å². The zero-order valence-electron chi connectivity index (χ0n) is 34.2. The lowest BCUT2D eigenvalue weighted by Crippen LogP contribution is -2.24. The molecule has 54 heavy (non-hydrogen) atoms. The largest absolute Gasteiger partial charge is 0.481 e. The molecule has 314 valence electrons. The highest BCUT2D eigenvalue weighted by Gasteiger charge is 2.19. The first-order valence-electron chi connectivity index (χ1n) is 21.4. The molecule has 0 aromatic heterocycles. The number of carboxylic acids is 1. The van der Waals surface area contributed by atoms with Crippen molar-refractivity contribution in [2.24, 2.45) is 5.92 Å². The van der Waals surface area contributed by atoms with Gasteiger partial charge < -0.3 is 29.4 Å². The molecule has 0 spiro atoms. The van der Waals surface area contributed by atoms with E-state index in [0.29, 0.717) is 65.1 Å². The van der Waals surface area contributed by atoms with Crippen LogP contribution in [0.3, 0.4) is 0 Å². The van der Waals surface area contributed by atoms with Crippen molar-refractivity contribution in [3.63, 3.8) is 0 Å². The number of carbonyl (C=O) groups excluding carboxylic acids is 5. The number of ketones is 4. The van der Waals surface area contributed by atoms with Crippen LogP contribution >= 0.6 is 0 Å². The second-order valence-corrected chi connectivity index (χ2v) is 15.0. The number of unbranched alkanes of at least 4 members (excludes halogenated alkanes) is 17. The number of rotatable bonds is 43. The van der Waals surface area contributed by atoms with Crippen LogP contribution < -0.4 is 5.32 Å². The standard InChI is InChI=1S/C43H77NO10/c1-37(45)27-28-39(38(2)46)34-41(48)36-54-35-40(47)24-19-20-30-52-31-21-22-32-53-33-23-29-44-42(49)25-17-15-13-11-9-7-5-3-4-6-8-10-12-14-16-18-26-43(50)51/h39H,3-36H2,1-2H3,(H,44,49)(H,50,51)/t39-/m1/s1. The Labute approximate surface area is 327 Å². The number of nitrogens with one attached hydrogen (secondary N) is 1. The molecule has 0 fully saturated rings. The fourth-order valence-corrected chi connectivity index (χ4v) is 6.18. The predicted octanol–water partition coefficient (Wildman–Crippen LogP) is 8.70. The number of carboxylic acid groups (broad SMARTS) is 1. The molecule has 2 N–H and O–H groups in total. The van der Waals surface area contributed by atoms with Crippen LogP contribution in [0.5, 0.6) is 0 Å². The predicted molar refractivity (Wildman–Crippen MR) is 213 cm³/mol. The molecule has 0 unspecified atom stereocenters. The van der Waals surface area contributed by atoms with E-state index in [1.54, 1.807) is 0 Å². The summed E-state index contributed by atoms with van der Waals surface area (Å²) in [6, 6.07) is 0. The highest BCUT2D eigenvalue weighted by molar-refractivity contribution is 5.88. The lowest BCUT2D eigenvalue weighted by atomic mass is 9.93. The third-order valence-electron chi connectivity index (χ3n) is 9.57. The summed E-state index contributed by atoms with van der Waals surface area (Å²) in [5.41, 5.74) is 0. The van der Waals surface area contributed by atoms with E-state index in [1.807, 2.05) is 0 Å². The van der Waals surface area contributed by atoms with Gasteiger partial charge in [0.15, 0.2) is 11.6 Å². The molecule has 0 saturated carbocycles. The molecule has 0 heterocycles. The summed E-state index contributed by atoms with van der Waals surface area (Å²) in [6.07, 6.45) is 25.3. The van der Waals surface area contributed by atoms with Crippen LogP contribution in [0.25, 0.3) is 0 Å². The van der Waals surface area contributed by atoms with Gasteiger partial charge in [-0.1, -0.05) is 89.9 Å². The topological polar surface area (TPSA) is 162 Å². The van der Waals surface area contributed by atoms with E-state index in [1.165, 1.54) is 90.9 Å². The first-order valence-corrected chi connectivity index (χ1v) is 21.4. The smallest absolute Gasteiger partial charge is 0.303 e. The summed E-state index contributed by atoms with van der Waals surface area (Å²) in [5.74, 6) is -1.46. The Morgan fingerprint density at radius 3 is 1.39 bits per heavy atom. The Morgan fingerprint density at radius 2 is 0.907 bits per heavy atom. The first kappa shape index (κ1) is 51.5. The summed E-state index contributed by atoms with van der Waals surface area (Å²) < 4.78 is 16.6. The lowest BCUT2D eigenvalue weighted by molar-refractivity contribution is -0.137. The Morgan fingerprint density at radius 1 is 0.481 bits per heavy atom. The Bertz CT molecular complexity index is 985. The molecule has 0 aromatic rings. The molecular weight excluding hydrogens is 690 g/mol. The number of hydrogen-bond donors (Lipinski definition) is 2. The SMILES string of the molecule is CC(=O)CC[C@H](CC(=O)COCC(=O)CCCCOCCCCOCCCNC(=O)CCCCCCCCCCCCCCCCCCC(=O)O)C(C)=O. The van der Waals surface area contributed by atoms with Crippen molar-refractivity contribution in [3.05, 3.63) is 0 Å². The Hall–Kier alpha value is -2.50. The van der Waals surface area contributed by atoms with Gasteiger partial charge in [0.05, 0.1) is 0 Å². The number of amides is 1. The Balaban J connectivity index is 3.37. The van der Waals surface area contributed by atoms with Gasteiger partial charge in [0.2, 0.25) is 5.91 Å². The van der Waals surface area contributed by atoms with Crippen LogP contribution in [0.15, 0.2) is 0 Å². The molecule has 0 bridgehead atoms. The second-order valence-electron chi connectivity index (χ2n) is 15.0. The van der Waals surface area contributed by atoms with E-state index in [2.05, 4.69) is 5.32 Å². The van der Waals surface area contributed by atoms with E-state index in [-0.39, 0.29) is 55.1 Å². The van der Waals surface area contributed by atoms with E-state index >= 15 is 0 Å². The van der Waals surface area contributed by atoms with Crippen LogP contribution in [0.4, 0.5) is 0 Å². The minimum Gasteiger partial charge on any atom is -0.481 e. The summed E-state index contributed by atoms with van der Waals surface area (Å²) >= 11 is 0. The maximum Gasteiger partial charge on any atom is 0.303 e. The van der Waals surface area contributed by atoms with Crippen molar-refractivity contribution in [2.45, 2.75) is 187 Å². The van der Waals surface area contributed by atoms with Crippen molar-refractivity contribution in [1.29, 1.82) is 0 Å². The summed E-state index contributed by atoms with van der Waals surface area (Å²) in [6.45, 7) is 5.74. The summed E-state index contributed by atoms with van der Waals surface area (Å²) in [7, 11) is 0. The molecule has 0 rings (SSSR count). The maximum atomic E-state index is 12.1. The monoisotopic (exact) mass is 768 g/mol. The average molecular weight is 768 g/mol. The van der Waals surface area contributed by atoms with Crippen molar-refractivity contribution < 1.29 is 48.1 Å². The van der Waals surface area contributed by atoms with Gasteiger partial charge in [-0.05, 0) is 65.2 Å². The van der Waals surface area contributed by atoms with E-state index < -0.39 is 11.9 Å². The Kier molecular flexibility index (Phi) is 37.0. The highest BCUT2D eigenvalue weighted by atomic mass is 16.5. The molecule has 11 heteroatoms. The van der Waals surface area contributed by atoms with Gasteiger partial charge in [0, 0.05) is 71.0 Å². The zero-order valence-corrected chi connectivity index (χ0v) is 34.2. The molecule has 11 nitrogen and oxygen atoms in total. The van der Waals surface area contributed by atoms with Gasteiger partial charge in [-0.25, -0.2) is 0 Å². The molecule has 0 aliphatic rings. The van der Waals surface area contributed by atoms with Gasteiger partial charge in [0.1, 0.15) is 24.8 Å². The molecule has 1 atom stereocenters. The van der Waals surface area contributed by atoms with Crippen LogP contribution in [0.1, 0.15) is 187 Å². The van der Waals surface area contributed by atoms with Gasteiger partial charge in [0.25, 0.3) is 0 Å². The first-order chi connectivity index (χ1) is 26.1. The van der Waals surface area contributed by atoms with E-state index in [9.17, 15) is 28.8 Å². The highest BCUT2D eigenvalue weighted by Crippen LogP contribution is 2.15. The van der Waals surface area contributed by atoms with E-state index in [0.717, 1.165) is 51.4 Å². The molecule has 0 saturated heterocycles. The fraction of sp³-hybridized carbons (Fsp3) is 0.860. The number of ether oxygens (including phenoxy) is 3. The number of carbonyl (C=O) groups is 6. The lowest BCUT2D eigenvalue weighted by Gasteiger charge is -2.12. The number of aliphatic carboxylic acids is 1. The molecule has 0 radical (unpaired) electrons. The fourth-order valence-electron chi connectivity index (χ4n) is 6.18. The normalized spacial score (nSPS) is 11.7. The third kappa shape index (κ3) is 39.2. The van der Waals surface area contributed by atoms with Crippen molar-refractivity contribution >= 4 is 35.0 Å². The maximum absolute atomic E-state index is 12.1. The number of Topliss-reactive ketones (excluding diaryl/α,β-unsaturated/α-hetero) is 4. The van der Waals surface area contributed by atoms with Crippen molar-refractivity contribution in [2.75, 3.05) is 46.2 Å². The third-order valence-corrected chi connectivity index (χ3v) is 9.57. The zero-order chi connectivity index (χ0) is 39.9. The van der Waals surface area contributed by atoms with Crippen molar-refractivity contribution in [3.8, 4) is 0 Å². The second kappa shape index (κ2) is 38.8. The summed E-state index contributed by atoms with van der Waals surface area (Å²) in [5, 5.41) is 11.6. The van der Waals surface area contributed by atoms with Crippen LogP contribution in [-0.2, 0) is 43.0 Å². The summed E-state index contributed by atoms with van der Waals surface area (Å²) in [4.78, 5) is 69.5. The number of hydrogen-bond acceptors (Lipinski definition) is 9. The van der Waals surface area contributed by atoms with Gasteiger partial charge in [-0.15, -0.1) is 0 Å². The van der Waals surface area contributed by atoms with Gasteiger partial charge >= 0.3 is 5.97 Å². The van der Waals surface area contributed by atoms with E-state index in [4.69, 9.17) is 19.3 Å². The minimum atomic E-state index is -0.681. The molecule has 0 aliphatic heterocycles. The van der Waals surface area contributed by atoms with Crippen LogP contribution in [0.2, 0.25) is 0 Å². The van der Waals surface area contributed by atoms with Gasteiger partial charge in [-0.2, -0.15) is 0 Å².